The highest BCUT2D eigenvalue weighted by Gasteiger charge is 2.09. The Kier molecular flexibility index (Phi) is 4.39. The summed E-state index contributed by atoms with van der Waals surface area (Å²) in [7, 11) is 0. The van der Waals surface area contributed by atoms with Gasteiger partial charge >= 0.3 is 0 Å². The third-order valence-electron chi connectivity index (χ3n) is 3.34. The molecule has 22 heavy (non-hydrogen) atoms. The Morgan fingerprint density at radius 1 is 1.27 bits per heavy atom. The Morgan fingerprint density at radius 3 is 2.77 bits per heavy atom. The Morgan fingerprint density at radius 2 is 2.09 bits per heavy atom. The van der Waals surface area contributed by atoms with Crippen molar-refractivity contribution in [2.24, 2.45) is 0 Å². The van der Waals surface area contributed by atoms with Crippen LogP contribution >= 0.6 is 15.9 Å². The fourth-order valence-corrected chi connectivity index (χ4v) is 2.57. The van der Waals surface area contributed by atoms with Crippen LogP contribution in [0, 0.1) is 0 Å². The maximum absolute atomic E-state index is 12.1. The quantitative estimate of drug-likeness (QED) is 0.736. The van der Waals surface area contributed by atoms with Crippen LogP contribution in [0.5, 0.6) is 0 Å². The maximum atomic E-state index is 12.1. The summed E-state index contributed by atoms with van der Waals surface area (Å²) in [5.41, 5.74) is 2.76. The van der Waals surface area contributed by atoms with Gasteiger partial charge in [0.15, 0.2) is 0 Å². The van der Waals surface area contributed by atoms with Crippen LogP contribution in [0.25, 0.3) is 0 Å². The molecule has 6 heteroatoms. The van der Waals surface area contributed by atoms with Crippen molar-refractivity contribution in [2.75, 3.05) is 0 Å². The fourth-order valence-electron chi connectivity index (χ4n) is 2.22. The Hall–Kier alpha value is -2.34. The highest BCUT2D eigenvalue weighted by Crippen LogP contribution is 2.12. The summed E-state index contributed by atoms with van der Waals surface area (Å²) in [5.74, 6) is -0.125. The lowest BCUT2D eigenvalue weighted by molar-refractivity contribution is 0.0946. The van der Waals surface area contributed by atoms with Crippen LogP contribution in [-0.2, 0) is 13.1 Å². The molecule has 2 heterocycles. The molecule has 0 spiro atoms. The van der Waals surface area contributed by atoms with Gasteiger partial charge in [-0.3, -0.25) is 9.48 Å². The van der Waals surface area contributed by atoms with Gasteiger partial charge in [-0.05, 0) is 39.2 Å². The minimum absolute atomic E-state index is 0.125. The van der Waals surface area contributed by atoms with Crippen LogP contribution in [0.2, 0.25) is 0 Å². The number of nitrogens with one attached hydrogen (secondary N) is 2. The topological polar surface area (TPSA) is 62.7 Å². The van der Waals surface area contributed by atoms with E-state index in [2.05, 4.69) is 31.3 Å². The second kappa shape index (κ2) is 6.62. The smallest absolute Gasteiger partial charge is 0.267 e. The van der Waals surface area contributed by atoms with Gasteiger partial charge in [-0.2, -0.15) is 5.10 Å². The van der Waals surface area contributed by atoms with Crippen LogP contribution in [0.1, 0.15) is 21.6 Å². The van der Waals surface area contributed by atoms with E-state index in [1.54, 1.807) is 18.5 Å². The Bertz CT molecular complexity index is 764. The number of H-pyrrole nitrogens is 1. The standard InChI is InChI=1S/C16H15BrN4O/c17-14-8-15(18-10-14)16(22)19-9-12-4-1-2-5-13(12)11-21-7-3-6-20-21/h1-8,10,18H,9,11H2,(H,19,22). The Balaban J connectivity index is 1.68. The van der Waals surface area contributed by atoms with E-state index < -0.39 is 0 Å². The molecular formula is C16H15BrN4O. The molecule has 0 saturated carbocycles. The molecule has 2 N–H and O–H groups in total. The summed E-state index contributed by atoms with van der Waals surface area (Å²) in [6, 6.07) is 11.7. The van der Waals surface area contributed by atoms with Gasteiger partial charge in [-0.15, -0.1) is 0 Å². The van der Waals surface area contributed by atoms with Gasteiger partial charge in [0.2, 0.25) is 0 Å². The number of rotatable bonds is 5. The first kappa shape index (κ1) is 14.6. The van der Waals surface area contributed by atoms with Crippen molar-refractivity contribution >= 4 is 21.8 Å². The zero-order valence-electron chi connectivity index (χ0n) is 11.8. The van der Waals surface area contributed by atoms with Crippen molar-refractivity contribution in [2.45, 2.75) is 13.1 Å². The molecule has 1 aromatic carbocycles. The van der Waals surface area contributed by atoms with E-state index in [4.69, 9.17) is 0 Å². The first-order valence-corrected chi connectivity index (χ1v) is 7.68. The van der Waals surface area contributed by atoms with Crippen LogP contribution in [-0.4, -0.2) is 20.7 Å². The van der Waals surface area contributed by atoms with Crippen molar-refractivity contribution < 1.29 is 4.79 Å². The fraction of sp³-hybridized carbons (Fsp3) is 0.125. The van der Waals surface area contributed by atoms with E-state index in [1.165, 1.54) is 0 Å². The number of halogens is 1. The van der Waals surface area contributed by atoms with Crippen molar-refractivity contribution in [3.05, 3.63) is 76.3 Å². The molecule has 0 aliphatic rings. The largest absolute Gasteiger partial charge is 0.356 e. The van der Waals surface area contributed by atoms with E-state index in [0.717, 1.165) is 15.6 Å². The summed E-state index contributed by atoms with van der Waals surface area (Å²) in [4.78, 5) is 15.0. The molecule has 112 valence electrons. The molecule has 0 aliphatic heterocycles. The first-order chi connectivity index (χ1) is 10.7. The number of benzene rings is 1. The average molecular weight is 359 g/mol. The molecule has 3 rings (SSSR count). The number of hydrogen-bond donors (Lipinski definition) is 2. The van der Waals surface area contributed by atoms with Gasteiger partial charge in [0.25, 0.3) is 5.91 Å². The van der Waals surface area contributed by atoms with Crippen LogP contribution in [0.4, 0.5) is 0 Å². The molecule has 0 saturated heterocycles. The second-order valence-corrected chi connectivity index (χ2v) is 5.80. The second-order valence-electron chi connectivity index (χ2n) is 4.89. The van der Waals surface area contributed by atoms with Crippen molar-refractivity contribution in [3.63, 3.8) is 0 Å². The SMILES string of the molecule is O=C(NCc1ccccc1Cn1cccn1)c1cc(Br)c[nH]1. The number of carbonyl (C=O) groups excluding carboxylic acids is 1. The zero-order chi connectivity index (χ0) is 15.4. The predicted molar refractivity (Wildman–Crippen MR) is 87.4 cm³/mol. The number of hydrogen-bond acceptors (Lipinski definition) is 2. The van der Waals surface area contributed by atoms with Gasteiger partial charge in [0, 0.05) is 29.6 Å². The molecular weight excluding hydrogens is 344 g/mol. The summed E-state index contributed by atoms with van der Waals surface area (Å²) in [6.45, 7) is 1.17. The normalized spacial score (nSPS) is 10.6. The summed E-state index contributed by atoms with van der Waals surface area (Å²) < 4.78 is 2.72. The minimum atomic E-state index is -0.125. The molecule has 0 unspecified atom stereocenters. The summed E-state index contributed by atoms with van der Waals surface area (Å²) >= 11 is 3.32. The molecule has 5 nitrogen and oxygen atoms in total. The third-order valence-corrected chi connectivity index (χ3v) is 3.80. The average Bonchev–Trinajstić information content (AvgIpc) is 3.18. The van der Waals surface area contributed by atoms with E-state index in [9.17, 15) is 4.79 Å². The summed E-state index contributed by atoms with van der Waals surface area (Å²) in [5, 5.41) is 7.15. The third kappa shape index (κ3) is 3.46. The van der Waals surface area contributed by atoms with Gasteiger partial charge in [-0.25, -0.2) is 0 Å². The molecule has 0 fully saturated rings. The highest BCUT2D eigenvalue weighted by atomic mass is 79.9. The summed E-state index contributed by atoms with van der Waals surface area (Å²) in [6.07, 6.45) is 5.42. The molecule has 2 aromatic heterocycles. The van der Waals surface area contributed by atoms with Gasteiger partial charge in [-0.1, -0.05) is 24.3 Å². The van der Waals surface area contributed by atoms with E-state index >= 15 is 0 Å². The number of carbonyl (C=O) groups is 1. The molecule has 0 bridgehead atoms. The monoisotopic (exact) mass is 358 g/mol. The van der Waals surface area contributed by atoms with Crippen molar-refractivity contribution in [1.82, 2.24) is 20.1 Å². The number of amides is 1. The number of nitrogens with zero attached hydrogens (tertiary/aromatic N) is 2. The van der Waals surface area contributed by atoms with Crippen molar-refractivity contribution in [3.8, 4) is 0 Å². The lowest BCUT2D eigenvalue weighted by atomic mass is 10.1. The van der Waals surface area contributed by atoms with E-state index in [0.29, 0.717) is 18.8 Å². The molecule has 3 aromatic rings. The number of aromatic nitrogens is 3. The maximum Gasteiger partial charge on any atom is 0.267 e. The number of aromatic amines is 1. The molecule has 0 radical (unpaired) electrons. The first-order valence-electron chi connectivity index (χ1n) is 6.89. The van der Waals surface area contributed by atoms with Gasteiger partial charge in [0.05, 0.1) is 6.54 Å². The zero-order valence-corrected chi connectivity index (χ0v) is 13.4. The van der Waals surface area contributed by atoms with Gasteiger partial charge in [0.1, 0.15) is 5.69 Å². The van der Waals surface area contributed by atoms with Crippen molar-refractivity contribution in [1.29, 1.82) is 0 Å². The lowest BCUT2D eigenvalue weighted by Crippen LogP contribution is -2.23. The predicted octanol–water partition coefficient (Wildman–Crippen LogP) is 2.95. The highest BCUT2D eigenvalue weighted by molar-refractivity contribution is 9.10. The molecule has 0 aliphatic carbocycles. The van der Waals surface area contributed by atoms with E-state index in [1.807, 2.05) is 41.2 Å². The van der Waals surface area contributed by atoms with Crippen LogP contribution < -0.4 is 5.32 Å². The lowest BCUT2D eigenvalue weighted by Gasteiger charge is -2.10. The van der Waals surface area contributed by atoms with E-state index in [-0.39, 0.29) is 5.91 Å². The van der Waals surface area contributed by atoms with Gasteiger partial charge < -0.3 is 10.3 Å². The Labute approximate surface area is 136 Å². The minimum Gasteiger partial charge on any atom is -0.356 e. The van der Waals surface area contributed by atoms with Crippen LogP contribution in [0.3, 0.4) is 0 Å². The molecule has 0 atom stereocenters. The molecule has 1 amide bonds. The van der Waals surface area contributed by atoms with Crippen LogP contribution in [0.15, 0.2) is 59.5 Å².